The molecular formula is C20H22N2O3. The molecular weight excluding hydrogens is 316 g/mol. The van der Waals surface area contributed by atoms with Gasteiger partial charge in [-0.2, -0.15) is 0 Å². The molecule has 0 unspecified atom stereocenters. The standard InChI is InChI=1S/C20H22N2O3/c1-13(2)11-22-17-10-16(8-9-18(17)25-12-19(22)23)21-20(24)15-6-4-14(3)5-7-15/h4-10,13H,11-12H2,1-3H3,(H,21,24). The van der Waals surface area contributed by atoms with Crippen LogP contribution in [0.15, 0.2) is 42.5 Å². The number of hydrogen-bond donors (Lipinski definition) is 1. The zero-order valence-corrected chi connectivity index (χ0v) is 14.7. The number of hydrogen-bond acceptors (Lipinski definition) is 3. The number of ether oxygens (including phenoxy) is 1. The van der Waals surface area contributed by atoms with Crippen LogP contribution in [0, 0.1) is 12.8 Å². The monoisotopic (exact) mass is 338 g/mol. The topological polar surface area (TPSA) is 58.6 Å². The van der Waals surface area contributed by atoms with Gasteiger partial charge in [0.25, 0.3) is 11.8 Å². The Labute approximate surface area is 147 Å². The Hall–Kier alpha value is -2.82. The van der Waals surface area contributed by atoms with Crippen molar-refractivity contribution in [2.24, 2.45) is 5.92 Å². The van der Waals surface area contributed by atoms with Crippen molar-refractivity contribution in [2.45, 2.75) is 20.8 Å². The van der Waals surface area contributed by atoms with Gasteiger partial charge in [0.15, 0.2) is 6.61 Å². The van der Waals surface area contributed by atoms with Crippen LogP contribution in [0.2, 0.25) is 0 Å². The summed E-state index contributed by atoms with van der Waals surface area (Å²) in [6, 6.07) is 12.8. The predicted octanol–water partition coefficient (Wildman–Crippen LogP) is 3.63. The van der Waals surface area contributed by atoms with Crippen molar-refractivity contribution < 1.29 is 14.3 Å². The van der Waals surface area contributed by atoms with Gasteiger partial charge in [-0.1, -0.05) is 31.5 Å². The summed E-state index contributed by atoms with van der Waals surface area (Å²) >= 11 is 0. The first-order valence-corrected chi connectivity index (χ1v) is 8.39. The number of fused-ring (bicyclic) bond motifs is 1. The van der Waals surface area contributed by atoms with Crippen molar-refractivity contribution in [3.8, 4) is 5.75 Å². The molecule has 2 aromatic carbocycles. The smallest absolute Gasteiger partial charge is 0.265 e. The predicted molar refractivity (Wildman–Crippen MR) is 98.3 cm³/mol. The quantitative estimate of drug-likeness (QED) is 0.926. The Morgan fingerprint density at radius 2 is 1.92 bits per heavy atom. The summed E-state index contributed by atoms with van der Waals surface area (Å²) < 4.78 is 5.50. The molecule has 1 aliphatic heterocycles. The molecule has 1 N–H and O–H groups in total. The van der Waals surface area contributed by atoms with E-state index in [2.05, 4.69) is 19.2 Å². The average molecular weight is 338 g/mol. The Morgan fingerprint density at radius 3 is 2.60 bits per heavy atom. The Bertz CT molecular complexity index is 797. The molecule has 130 valence electrons. The lowest BCUT2D eigenvalue weighted by Crippen LogP contribution is -2.41. The third-order valence-electron chi connectivity index (χ3n) is 4.02. The zero-order chi connectivity index (χ0) is 18.0. The molecule has 5 heteroatoms. The molecule has 0 aromatic heterocycles. The molecule has 0 bridgehead atoms. The van der Waals surface area contributed by atoms with E-state index in [9.17, 15) is 9.59 Å². The van der Waals surface area contributed by atoms with E-state index in [1.54, 1.807) is 35.2 Å². The number of nitrogens with one attached hydrogen (secondary N) is 1. The van der Waals surface area contributed by atoms with Gasteiger partial charge in [0, 0.05) is 17.8 Å². The van der Waals surface area contributed by atoms with Crippen LogP contribution in [0.4, 0.5) is 11.4 Å². The molecule has 1 heterocycles. The molecule has 2 amide bonds. The molecule has 3 rings (SSSR count). The average Bonchev–Trinajstić information content (AvgIpc) is 2.58. The maximum atomic E-state index is 12.4. The van der Waals surface area contributed by atoms with Gasteiger partial charge in [0.1, 0.15) is 5.75 Å². The molecule has 0 saturated carbocycles. The molecule has 0 saturated heterocycles. The van der Waals surface area contributed by atoms with Crippen LogP contribution in [-0.4, -0.2) is 25.0 Å². The molecule has 1 aliphatic rings. The van der Waals surface area contributed by atoms with Crippen molar-refractivity contribution in [3.63, 3.8) is 0 Å². The van der Waals surface area contributed by atoms with Gasteiger partial charge in [-0.3, -0.25) is 9.59 Å². The maximum absolute atomic E-state index is 12.4. The molecule has 25 heavy (non-hydrogen) atoms. The fourth-order valence-electron chi connectivity index (χ4n) is 2.75. The second-order valence-electron chi connectivity index (χ2n) is 6.69. The van der Waals surface area contributed by atoms with Crippen LogP contribution in [0.5, 0.6) is 5.75 Å². The zero-order valence-electron chi connectivity index (χ0n) is 14.7. The lowest BCUT2D eigenvalue weighted by atomic mass is 10.1. The summed E-state index contributed by atoms with van der Waals surface area (Å²) in [4.78, 5) is 26.3. The molecule has 0 fully saturated rings. The van der Waals surface area contributed by atoms with Gasteiger partial charge in [-0.15, -0.1) is 0 Å². The van der Waals surface area contributed by atoms with Crippen molar-refractivity contribution in [1.82, 2.24) is 0 Å². The van der Waals surface area contributed by atoms with E-state index >= 15 is 0 Å². The van der Waals surface area contributed by atoms with Crippen LogP contribution in [0.25, 0.3) is 0 Å². The molecule has 0 spiro atoms. The van der Waals surface area contributed by atoms with E-state index in [-0.39, 0.29) is 18.4 Å². The lowest BCUT2D eigenvalue weighted by molar-refractivity contribution is -0.121. The number of aryl methyl sites for hydroxylation is 1. The van der Waals surface area contributed by atoms with Crippen molar-refractivity contribution in [1.29, 1.82) is 0 Å². The second-order valence-corrected chi connectivity index (χ2v) is 6.69. The van der Waals surface area contributed by atoms with Gasteiger partial charge in [0.2, 0.25) is 0 Å². The van der Waals surface area contributed by atoms with E-state index in [0.717, 1.165) is 5.56 Å². The summed E-state index contributed by atoms with van der Waals surface area (Å²) in [6.45, 7) is 6.77. The summed E-state index contributed by atoms with van der Waals surface area (Å²) in [7, 11) is 0. The van der Waals surface area contributed by atoms with Gasteiger partial charge in [-0.25, -0.2) is 0 Å². The largest absolute Gasteiger partial charge is 0.482 e. The highest BCUT2D eigenvalue weighted by molar-refractivity contribution is 6.05. The first kappa shape index (κ1) is 17.0. The van der Waals surface area contributed by atoms with Gasteiger partial charge in [-0.05, 0) is 43.2 Å². The highest BCUT2D eigenvalue weighted by Crippen LogP contribution is 2.35. The second kappa shape index (κ2) is 6.97. The molecule has 0 radical (unpaired) electrons. The maximum Gasteiger partial charge on any atom is 0.265 e. The lowest BCUT2D eigenvalue weighted by Gasteiger charge is -2.31. The Morgan fingerprint density at radius 1 is 1.20 bits per heavy atom. The minimum absolute atomic E-state index is 0.0504. The normalized spacial score (nSPS) is 13.4. The van der Waals surface area contributed by atoms with Crippen LogP contribution in [0.1, 0.15) is 29.8 Å². The van der Waals surface area contributed by atoms with Gasteiger partial charge >= 0.3 is 0 Å². The van der Waals surface area contributed by atoms with Crippen molar-refractivity contribution in [3.05, 3.63) is 53.6 Å². The number of carbonyl (C=O) groups is 2. The van der Waals surface area contributed by atoms with Crippen LogP contribution in [-0.2, 0) is 4.79 Å². The number of rotatable bonds is 4. The molecule has 0 aliphatic carbocycles. The van der Waals surface area contributed by atoms with Crippen LogP contribution in [0.3, 0.4) is 0 Å². The van der Waals surface area contributed by atoms with E-state index in [1.165, 1.54) is 0 Å². The third kappa shape index (κ3) is 3.82. The number of carbonyl (C=O) groups excluding carboxylic acids is 2. The van der Waals surface area contributed by atoms with Gasteiger partial charge < -0.3 is 15.0 Å². The number of amides is 2. The summed E-state index contributed by atoms with van der Waals surface area (Å²) in [5.41, 5.74) is 3.03. The fourth-order valence-corrected chi connectivity index (χ4v) is 2.75. The van der Waals surface area contributed by atoms with E-state index in [1.807, 2.05) is 19.1 Å². The summed E-state index contributed by atoms with van der Waals surface area (Å²) in [5.74, 6) is 0.746. The number of benzene rings is 2. The van der Waals surface area contributed by atoms with Crippen molar-refractivity contribution in [2.75, 3.05) is 23.4 Å². The number of nitrogens with zero attached hydrogens (tertiary/aromatic N) is 1. The minimum Gasteiger partial charge on any atom is -0.482 e. The highest BCUT2D eigenvalue weighted by Gasteiger charge is 2.26. The molecule has 5 nitrogen and oxygen atoms in total. The highest BCUT2D eigenvalue weighted by atomic mass is 16.5. The molecule has 2 aromatic rings. The first-order valence-electron chi connectivity index (χ1n) is 8.39. The third-order valence-corrected chi connectivity index (χ3v) is 4.02. The van der Waals surface area contributed by atoms with E-state index in [4.69, 9.17) is 4.74 Å². The Kier molecular flexibility index (Phi) is 4.74. The number of anilines is 2. The fraction of sp³-hybridized carbons (Fsp3) is 0.300. The van der Waals surface area contributed by atoms with Crippen LogP contribution < -0.4 is 15.0 Å². The minimum atomic E-state index is -0.182. The SMILES string of the molecule is Cc1ccc(C(=O)Nc2ccc3c(c2)N(CC(C)C)C(=O)CO3)cc1. The Balaban J connectivity index is 1.84. The van der Waals surface area contributed by atoms with E-state index in [0.29, 0.717) is 35.2 Å². The summed E-state index contributed by atoms with van der Waals surface area (Å²) in [6.07, 6.45) is 0. The molecule has 0 atom stereocenters. The van der Waals surface area contributed by atoms with Gasteiger partial charge in [0.05, 0.1) is 5.69 Å². The van der Waals surface area contributed by atoms with Crippen molar-refractivity contribution >= 4 is 23.2 Å². The summed E-state index contributed by atoms with van der Waals surface area (Å²) in [5, 5.41) is 2.88. The van der Waals surface area contributed by atoms with Crippen LogP contribution >= 0.6 is 0 Å². The first-order chi connectivity index (χ1) is 11.9. The van der Waals surface area contributed by atoms with E-state index < -0.39 is 0 Å².